The summed E-state index contributed by atoms with van der Waals surface area (Å²) in [7, 11) is 0. The molecule has 0 aromatic heterocycles. The quantitative estimate of drug-likeness (QED) is 0.869. The molecule has 3 rings (SSSR count). The van der Waals surface area contributed by atoms with E-state index in [1.807, 2.05) is 0 Å². The molecule has 110 valence electrons. The number of nitrogens with zero attached hydrogens (tertiary/aromatic N) is 1. The van der Waals surface area contributed by atoms with Crippen molar-refractivity contribution in [2.75, 3.05) is 6.54 Å². The van der Waals surface area contributed by atoms with Crippen molar-refractivity contribution < 1.29 is 14.4 Å². The van der Waals surface area contributed by atoms with E-state index in [0.717, 1.165) is 30.6 Å². The van der Waals surface area contributed by atoms with E-state index >= 15 is 0 Å². The molecule has 0 atom stereocenters. The summed E-state index contributed by atoms with van der Waals surface area (Å²) in [5.41, 5.74) is 0.457. The smallest absolute Gasteiger partial charge is 0.263 e. The van der Waals surface area contributed by atoms with E-state index in [9.17, 15) is 14.4 Å². The number of carbonyl (C=O) groups is 3. The number of rotatable bonds is 3. The van der Waals surface area contributed by atoms with Crippen LogP contribution in [0, 0.1) is 0 Å². The van der Waals surface area contributed by atoms with Crippen LogP contribution in [0.15, 0.2) is 18.2 Å². The monoisotopic (exact) mass is 306 g/mol. The zero-order chi connectivity index (χ0) is 15.0. The van der Waals surface area contributed by atoms with E-state index in [2.05, 4.69) is 5.32 Å². The normalized spacial score (nSPS) is 18.2. The van der Waals surface area contributed by atoms with Gasteiger partial charge in [-0.1, -0.05) is 30.5 Å². The Morgan fingerprint density at radius 1 is 1.24 bits per heavy atom. The van der Waals surface area contributed by atoms with Gasteiger partial charge in [0.1, 0.15) is 6.54 Å². The van der Waals surface area contributed by atoms with Crippen molar-refractivity contribution >= 4 is 29.3 Å². The third-order valence-corrected chi connectivity index (χ3v) is 4.29. The minimum absolute atomic E-state index is 0.163. The Morgan fingerprint density at radius 2 is 1.95 bits per heavy atom. The van der Waals surface area contributed by atoms with Gasteiger partial charge in [-0.3, -0.25) is 19.3 Å². The second kappa shape index (κ2) is 5.48. The van der Waals surface area contributed by atoms with Gasteiger partial charge < -0.3 is 5.32 Å². The number of amides is 3. The SMILES string of the molecule is O=C(CN1C(=O)c2cccc(Cl)c2C1=O)NC1CCCC1. The van der Waals surface area contributed by atoms with E-state index in [0.29, 0.717) is 0 Å². The average molecular weight is 307 g/mol. The van der Waals surface area contributed by atoms with Gasteiger partial charge in [0.15, 0.2) is 0 Å². The number of imide groups is 1. The standard InChI is InChI=1S/C15H15ClN2O3/c16-11-7-3-6-10-13(11)15(21)18(14(10)20)8-12(19)17-9-4-1-2-5-9/h3,6-7,9H,1-2,4-5,8H2,(H,17,19). The van der Waals surface area contributed by atoms with Gasteiger partial charge in [0.25, 0.3) is 11.8 Å². The Kier molecular flexibility index (Phi) is 3.68. The Labute approximate surface area is 127 Å². The Bertz CT molecular complexity index is 623. The van der Waals surface area contributed by atoms with Gasteiger partial charge in [0.2, 0.25) is 5.91 Å². The van der Waals surface area contributed by atoms with E-state index < -0.39 is 11.8 Å². The summed E-state index contributed by atoms with van der Waals surface area (Å²) in [6, 6.07) is 4.90. The molecule has 1 saturated carbocycles. The number of benzene rings is 1. The lowest BCUT2D eigenvalue weighted by molar-refractivity contribution is -0.122. The maximum absolute atomic E-state index is 12.2. The molecule has 21 heavy (non-hydrogen) atoms. The molecule has 6 heteroatoms. The summed E-state index contributed by atoms with van der Waals surface area (Å²) < 4.78 is 0. The summed E-state index contributed by atoms with van der Waals surface area (Å²) in [4.78, 5) is 37.4. The molecule has 5 nitrogen and oxygen atoms in total. The molecule has 1 heterocycles. The first-order valence-electron chi connectivity index (χ1n) is 7.02. The first-order chi connectivity index (χ1) is 10.1. The molecular weight excluding hydrogens is 292 g/mol. The van der Waals surface area contributed by atoms with Gasteiger partial charge in [0.05, 0.1) is 16.1 Å². The highest BCUT2D eigenvalue weighted by Gasteiger charge is 2.38. The largest absolute Gasteiger partial charge is 0.352 e. The van der Waals surface area contributed by atoms with Crippen LogP contribution < -0.4 is 5.32 Å². The summed E-state index contributed by atoms with van der Waals surface area (Å²) in [5, 5.41) is 3.11. The van der Waals surface area contributed by atoms with Crippen molar-refractivity contribution in [2.24, 2.45) is 0 Å². The summed E-state index contributed by atoms with van der Waals surface area (Å²) in [6.07, 6.45) is 4.13. The van der Waals surface area contributed by atoms with E-state index in [1.165, 1.54) is 0 Å². The zero-order valence-corrected chi connectivity index (χ0v) is 12.2. The molecule has 0 spiro atoms. The Balaban J connectivity index is 1.73. The minimum Gasteiger partial charge on any atom is -0.352 e. The fourth-order valence-electron chi connectivity index (χ4n) is 2.92. The maximum Gasteiger partial charge on any atom is 0.263 e. The van der Waals surface area contributed by atoms with Crippen LogP contribution in [0.25, 0.3) is 0 Å². The summed E-state index contributed by atoms with van der Waals surface area (Å²) in [6.45, 7) is -0.251. The number of hydrogen-bond acceptors (Lipinski definition) is 3. The fourth-order valence-corrected chi connectivity index (χ4v) is 3.18. The van der Waals surface area contributed by atoms with Crippen LogP contribution in [0.3, 0.4) is 0 Å². The van der Waals surface area contributed by atoms with E-state index in [1.54, 1.807) is 18.2 Å². The molecule has 3 amide bonds. The molecule has 0 unspecified atom stereocenters. The van der Waals surface area contributed by atoms with Gasteiger partial charge in [-0.2, -0.15) is 0 Å². The van der Waals surface area contributed by atoms with Gasteiger partial charge in [-0.15, -0.1) is 0 Å². The van der Waals surface area contributed by atoms with Crippen molar-refractivity contribution in [3.63, 3.8) is 0 Å². The highest BCUT2D eigenvalue weighted by Crippen LogP contribution is 2.28. The minimum atomic E-state index is -0.498. The van der Waals surface area contributed by atoms with Gasteiger partial charge >= 0.3 is 0 Å². The number of halogens is 1. The van der Waals surface area contributed by atoms with Gasteiger partial charge in [0, 0.05) is 6.04 Å². The molecule has 0 radical (unpaired) electrons. The molecule has 0 bridgehead atoms. The van der Waals surface area contributed by atoms with Crippen molar-refractivity contribution in [3.05, 3.63) is 34.3 Å². The molecule has 1 aliphatic carbocycles. The first-order valence-corrected chi connectivity index (χ1v) is 7.40. The summed E-state index contributed by atoms with van der Waals surface area (Å²) >= 11 is 5.97. The number of hydrogen-bond donors (Lipinski definition) is 1. The molecule has 1 N–H and O–H groups in total. The van der Waals surface area contributed by atoms with E-state index in [4.69, 9.17) is 11.6 Å². The Morgan fingerprint density at radius 3 is 2.62 bits per heavy atom. The lowest BCUT2D eigenvalue weighted by Gasteiger charge is -2.16. The zero-order valence-electron chi connectivity index (χ0n) is 11.4. The summed E-state index contributed by atoms with van der Waals surface area (Å²) in [5.74, 6) is -1.26. The van der Waals surface area contributed by atoms with Crippen LogP contribution in [0.5, 0.6) is 0 Å². The lowest BCUT2D eigenvalue weighted by Crippen LogP contribution is -2.43. The molecule has 1 aromatic carbocycles. The highest BCUT2D eigenvalue weighted by molar-refractivity contribution is 6.37. The predicted octanol–water partition coefficient (Wildman–Crippen LogP) is 1.99. The second-order valence-corrected chi connectivity index (χ2v) is 5.81. The predicted molar refractivity (Wildman–Crippen MR) is 77.2 cm³/mol. The molecule has 1 aromatic rings. The van der Waals surface area contributed by atoms with Gasteiger partial charge in [-0.25, -0.2) is 0 Å². The maximum atomic E-state index is 12.2. The fraction of sp³-hybridized carbons (Fsp3) is 0.400. The number of fused-ring (bicyclic) bond motifs is 1. The molecule has 1 aliphatic heterocycles. The Hall–Kier alpha value is -1.88. The van der Waals surface area contributed by atoms with Crippen LogP contribution in [-0.2, 0) is 4.79 Å². The van der Waals surface area contributed by atoms with Crippen LogP contribution in [0.1, 0.15) is 46.4 Å². The molecule has 0 saturated heterocycles. The van der Waals surface area contributed by atoms with Crippen molar-refractivity contribution in [2.45, 2.75) is 31.7 Å². The van der Waals surface area contributed by atoms with Crippen molar-refractivity contribution in [1.82, 2.24) is 10.2 Å². The number of carbonyl (C=O) groups excluding carboxylic acids is 3. The average Bonchev–Trinajstić information content (AvgIpc) is 3.03. The van der Waals surface area contributed by atoms with Crippen molar-refractivity contribution in [3.8, 4) is 0 Å². The van der Waals surface area contributed by atoms with Crippen LogP contribution in [-0.4, -0.2) is 35.2 Å². The molecule has 1 fully saturated rings. The molecule has 2 aliphatic rings. The first kappa shape index (κ1) is 14.1. The number of nitrogens with one attached hydrogen (secondary N) is 1. The highest BCUT2D eigenvalue weighted by atomic mass is 35.5. The van der Waals surface area contributed by atoms with Crippen LogP contribution in [0.4, 0.5) is 0 Å². The topological polar surface area (TPSA) is 66.5 Å². The third kappa shape index (κ3) is 2.53. The second-order valence-electron chi connectivity index (χ2n) is 5.41. The molecular formula is C15H15ClN2O3. The van der Waals surface area contributed by atoms with E-state index in [-0.39, 0.29) is 34.6 Å². The lowest BCUT2D eigenvalue weighted by atomic mass is 10.1. The van der Waals surface area contributed by atoms with Gasteiger partial charge in [-0.05, 0) is 25.0 Å². The third-order valence-electron chi connectivity index (χ3n) is 3.97. The van der Waals surface area contributed by atoms with Crippen LogP contribution >= 0.6 is 11.6 Å². The van der Waals surface area contributed by atoms with Crippen LogP contribution in [0.2, 0.25) is 5.02 Å². The van der Waals surface area contributed by atoms with Crippen molar-refractivity contribution in [1.29, 1.82) is 0 Å².